The van der Waals surface area contributed by atoms with Crippen molar-refractivity contribution in [3.05, 3.63) is 0 Å². The molecule has 0 aliphatic carbocycles. The van der Waals surface area contributed by atoms with Gasteiger partial charge < -0.3 is 16.0 Å². The number of hydrogen-bond acceptors (Lipinski definition) is 3. The second kappa shape index (κ2) is 6.86. The van der Waals surface area contributed by atoms with Crippen LogP contribution < -0.4 is 16.0 Å². The number of carbonyl (C=O) groups excluding carboxylic acids is 1. The summed E-state index contributed by atoms with van der Waals surface area (Å²) in [5, 5.41) is 9.64. The number of hydrogen-bond donors (Lipinski definition) is 3. The Labute approximate surface area is 98.6 Å². The van der Waals surface area contributed by atoms with Gasteiger partial charge in [0, 0.05) is 18.6 Å². The highest BCUT2D eigenvalue weighted by atomic mass is 16.2. The maximum atomic E-state index is 11.5. The molecule has 3 unspecified atom stereocenters. The minimum atomic E-state index is -0.101. The molecule has 3 N–H and O–H groups in total. The maximum absolute atomic E-state index is 11.5. The van der Waals surface area contributed by atoms with Crippen LogP contribution in [0.5, 0.6) is 0 Å². The molecule has 0 aromatic rings. The van der Waals surface area contributed by atoms with Crippen LogP contribution in [0.1, 0.15) is 40.0 Å². The van der Waals surface area contributed by atoms with Crippen LogP contribution in [0.25, 0.3) is 0 Å². The fourth-order valence-corrected chi connectivity index (χ4v) is 2.28. The molecule has 0 radical (unpaired) electrons. The molecule has 0 spiro atoms. The van der Waals surface area contributed by atoms with Gasteiger partial charge in [-0.3, -0.25) is 4.79 Å². The molecule has 1 rings (SSSR count). The van der Waals surface area contributed by atoms with Crippen LogP contribution in [0.15, 0.2) is 0 Å². The molecule has 1 fully saturated rings. The highest BCUT2D eigenvalue weighted by Gasteiger charge is 2.19. The van der Waals surface area contributed by atoms with E-state index in [1.54, 1.807) is 0 Å². The van der Waals surface area contributed by atoms with Gasteiger partial charge in [-0.05, 0) is 46.6 Å². The molecule has 1 aliphatic heterocycles. The SMILES string of the molecule is CCNC(=O)C(C)NC(C)CC1CCCN1. The Morgan fingerprint density at radius 3 is 2.81 bits per heavy atom. The van der Waals surface area contributed by atoms with Crippen molar-refractivity contribution in [1.29, 1.82) is 0 Å². The van der Waals surface area contributed by atoms with Gasteiger partial charge in [0.25, 0.3) is 0 Å². The van der Waals surface area contributed by atoms with Crippen LogP contribution in [-0.4, -0.2) is 37.1 Å². The Morgan fingerprint density at radius 2 is 2.25 bits per heavy atom. The number of nitrogens with one attached hydrogen (secondary N) is 3. The van der Waals surface area contributed by atoms with Crippen molar-refractivity contribution in [3.63, 3.8) is 0 Å². The summed E-state index contributed by atoms with van der Waals surface area (Å²) < 4.78 is 0. The monoisotopic (exact) mass is 227 g/mol. The minimum Gasteiger partial charge on any atom is -0.355 e. The predicted octanol–water partition coefficient (Wildman–Crippen LogP) is 0.631. The first-order valence-corrected chi connectivity index (χ1v) is 6.40. The summed E-state index contributed by atoms with van der Waals surface area (Å²) in [4.78, 5) is 11.5. The molecule has 16 heavy (non-hydrogen) atoms. The number of likely N-dealkylation sites (N-methyl/N-ethyl adjacent to an activating group) is 1. The van der Waals surface area contributed by atoms with E-state index in [2.05, 4.69) is 22.9 Å². The number of rotatable bonds is 6. The average molecular weight is 227 g/mol. The number of carbonyl (C=O) groups is 1. The summed E-state index contributed by atoms with van der Waals surface area (Å²) in [5.41, 5.74) is 0. The first-order valence-electron chi connectivity index (χ1n) is 6.40. The molecule has 0 aromatic carbocycles. The van der Waals surface area contributed by atoms with Crippen molar-refractivity contribution in [2.24, 2.45) is 0 Å². The molecule has 3 atom stereocenters. The molecule has 0 aromatic heterocycles. The van der Waals surface area contributed by atoms with Crippen LogP contribution in [0.3, 0.4) is 0 Å². The molecular weight excluding hydrogens is 202 g/mol. The van der Waals surface area contributed by atoms with Crippen molar-refractivity contribution in [2.75, 3.05) is 13.1 Å². The zero-order valence-electron chi connectivity index (χ0n) is 10.7. The summed E-state index contributed by atoms with van der Waals surface area (Å²) in [6, 6.07) is 0.911. The first kappa shape index (κ1) is 13.5. The zero-order chi connectivity index (χ0) is 12.0. The van der Waals surface area contributed by atoms with E-state index >= 15 is 0 Å². The zero-order valence-corrected chi connectivity index (χ0v) is 10.7. The van der Waals surface area contributed by atoms with Crippen LogP contribution in [-0.2, 0) is 4.79 Å². The molecule has 1 amide bonds. The molecule has 1 saturated heterocycles. The normalized spacial score (nSPS) is 24.1. The van der Waals surface area contributed by atoms with Gasteiger partial charge in [-0.2, -0.15) is 0 Å². The summed E-state index contributed by atoms with van der Waals surface area (Å²) in [7, 11) is 0. The van der Waals surface area contributed by atoms with Crippen molar-refractivity contribution in [3.8, 4) is 0 Å². The lowest BCUT2D eigenvalue weighted by Gasteiger charge is -2.22. The second-order valence-corrected chi connectivity index (χ2v) is 4.71. The largest absolute Gasteiger partial charge is 0.355 e. The molecular formula is C12H25N3O. The molecule has 4 heteroatoms. The fraction of sp³-hybridized carbons (Fsp3) is 0.917. The van der Waals surface area contributed by atoms with Crippen molar-refractivity contribution >= 4 is 5.91 Å². The van der Waals surface area contributed by atoms with Crippen LogP contribution in [0, 0.1) is 0 Å². The van der Waals surface area contributed by atoms with Gasteiger partial charge >= 0.3 is 0 Å². The lowest BCUT2D eigenvalue weighted by Crippen LogP contribution is -2.47. The minimum absolute atomic E-state index is 0.0914. The second-order valence-electron chi connectivity index (χ2n) is 4.71. The molecule has 1 aliphatic rings. The Balaban J connectivity index is 2.21. The van der Waals surface area contributed by atoms with E-state index in [4.69, 9.17) is 0 Å². The van der Waals surface area contributed by atoms with Crippen molar-refractivity contribution in [1.82, 2.24) is 16.0 Å². The number of amides is 1. The summed E-state index contributed by atoms with van der Waals surface area (Å²) in [5.74, 6) is 0.0914. The Hall–Kier alpha value is -0.610. The third kappa shape index (κ3) is 4.49. The van der Waals surface area contributed by atoms with Crippen LogP contribution in [0.4, 0.5) is 0 Å². The summed E-state index contributed by atoms with van der Waals surface area (Å²) >= 11 is 0. The van der Waals surface area contributed by atoms with Gasteiger partial charge in [0.1, 0.15) is 0 Å². The molecule has 1 heterocycles. The van der Waals surface area contributed by atoms with Gasteiger partial charge in [0.05, 0.1) is 6.04 Å². The summed E-state index contributed by atoms with van der Waals surface area (Å²) in [6.07, 6.45) is 3.65. The fourth-order valence-electron chi connectivity index (χ4n) is 2.28. The lowest BCUT2D eigenvalue weighted by atomic mass is 10.1. The topological polar surface area (TPSA) is 53.2 Å². The smallest absolute Gasteiger partial charge is 0.236 e. The lowest BCUT2D eigenvalue weighted by molar-refractivity contribution is -0.122. The van der Waals surface area contributed by atoms with E-state index < -0.39 is 0 Å². The molecule has 94 valence electrons. The standard InChI is InChI=1S/C12H25N3O/c1-4-13-12(16)10(3)15-9(2)8-11-6-5-7-14-11/h9-11,14-15H,4-8H2,1-3H3,(H,13,16). The predicted molar refractivity (Wildman–Crippen MR) is 66.4 cm³/mol. The highest BCUT2D eigenvalue weighted by Crippen LogP contribution is 2.11. The highest BCUT2D eigenvalue weighted by molar-refractivity contribution is 5.81. The Bertz CT molecular complexity index is 214. The Morgan fingerprint density at radius 1 is 1.50 bits per heavy atom. The van der Waals surface area contributed by atoms with Crippen LogP contribution in [0.2, 0.25) is 0 Å². The maximum Gasteiger partial charge on any atom is 0.236 e. The van der Waals surface area contributed by atoms with Crippen molar-refractivity contribution in [2.45, 2.75) is 58.2 Å². The molecule has 0 bridgehead atoms. The van der Waals surface area contributed by atoms with Crippen LogP contribution >= 0.6 is 0 Å². The third-order valence-corrected chi connectivity index (χ3v) is 3.08. The van der Waals surface area contributed by atoms with Gasteiger partial charge in [-0.15, -0.1) is 0 Å². The van der Waals surface area contributed by atoms with Gasteiger partial charge in [0.2, 0.25) is 5.91 Å². The van der Waals surface area contributed by atoms with E-state index in [1.807, 2.05) is 13.8 Å². The third-order valence-electron chi connectivity index (χ3n) is 3.08. The first-order chi connectivity index (χ1) is 7.63. The van der Waals surface area contributed by atoms with Crippen molar-refractivity contribution < 1.29 is 4.79 Å². The van der Waals surface area contributed by atoms with E-state index in [0.717, 1.165) is 13.0 Å². The molecule has 0 saturated carbocycles. The van der Waals surface area contributed by atoms with E-state index in [9.17, 15) is 4.79 Å². The van der Waals surface area contributed by atoms with E-state index in [1.165, 1.54) is 12.8 Å². The van der Waals surface area contributed by atoms with Gasteiger partial charge in [-0.25, -0.2) is 0 Å². The van der Waals surface area contributed by atoms with Gasteiger partial charge in [-0.1, -0.05) is 0 Å². The van der Waals surface area contributed by atoms with E-state index in [-0.39, 0.29) is 11.9 Å². The summed E-state index contributed by atoms with van der Waals surface area (Å²) in [6.45, 7) is 7.85. The van der Waals surface area contributed by atoms with Gasteiger partial charge in [0.15, 0.2) is 0 Å². The average Bonchev–Trinajstić information content (AvgIpc) is 2.70. The molecule has 4 nitrogen and oxygen atoms in total. The van der Waals surface area contributed by atoms with E-state index in [0.29, 0.717) is 18.6 Å². The quantitative estimate of drug-likeness (QED) is 0.624. The Kier molecular flexibility index (Phi) is 5.77.